The Kier molecular flexibility index (Phi) is 5.13. The van der Waals surface area contributed by atoms with E-state index in [2.05, 4.69) is 32.6 Å². The molecule has 4 heteroatoms. The van der Waals surface area contributed by atoms with E-state index in [0.717, 1.165) is 32.7 Å². The standard InChI is InChI=1S/C21H16BrClN2/c1-14-11-17(12-18(13-24)16-7-9-19(22)10-8-16)15(2)25(14)21-6-4-3-5-20(21)23/h3-12H,1-2H3/b18-12-. The molecular weight excluding hydrogens is 396 g/mol. The van der Waals surface area contributed by atoms with E-state index in [1.165, 1.54) is 0 Å². The summed E-state index contributed by atoms with van der Waals surface area (Å²) >= 11 is 9.78. The van der Waals surface area contributed by atoms with Crippen molar-refractivity contribution in [2.24, 2.45) is 0 Å². The van der Waals surface area contributed by atoms with E-state index in [1.54, 1.807) is 0 Å². The zero-order chi connectivity index (χ0) is 18.0. The molecule has 0 N–H and O–H groups in total. The van der Waals surface area contributed by atoms with E-state index >= 15 is 0 Å². The van der Waals surface area contributed by atoms with Crippen molar-refractivity contribution in [3.8, 4) is 11.8 Å². The number of nitrogens with zero attached hydrogens (tertiary/aromatic N) is 2. The van der Waals surface area contributed by atoms with Crippen molar-refractivity contribution in [1.29, 1.82) is 5.26 Å². The molecule has 2 aromatic carbocycles. The highest BCUT2D eigenvalue weighted by Gasteiger charge is 2.12. The van der Waals surface area contributed by atoms with Crippen molar-refractivity contribution in [3.63, 3.8) is 0 Å². The van der Waals surface area contributed by atoms with Crippen LogP contribution >= 0.6 is 27.5 Å². The van der Waals surface area contributed by atoms with Crippen molar-refractivity contribution in [2.75, 3.05) is 0 Å². The summed E-state index contributed by atoms with van der Waals surface area (Å²) in [5.41, 5.74) is 5.61. The van der Waals surface area contributed by atoms with Crippen LogP contribution in [0.15, 0.2) is 59.1 Å². The Morgan fingerprint density at radius 3 is 2.44 bits per heavy atom. The Labute approximate surface area is 161 Å². The van der Waals surface area contributed by atoms with Crippen LogP contribution in [0.3, 0.4) is 0 Å². The van der Waals surface area contributed by atoms with E-state index in [9.17, 15) is 5.26 Å². The van der Waals surface area contributed by atoms with Crippen LogP contribution in [0.2, 0.25) is 5.02 Å². The van der Waals surface area contributed by atoms with Gasteiger partial charge in [-0.1, -0.05) is 51.8 Å². The third-order valence-corrected chi connectivity index (χ3v) is 4.99. The van der Waals surface area contributed by atoms with Gasteiger partial charge in [0.25, 0.3) is 0 Å². The molecule has 0 radical (unpaired) electrons. The van der Waals surface area contributed by atoms with Crippen LogP contribution in [0, 0.1) is 25.2 Å². The molecule has 0 saturated heterocycles. The number of aromatic nitrogens is 1. The van der Waals surface area contributed by atoms with Gasteiger partial charge in [0.1, 0.15) is 0 Å². The lowest BCUT2D eigenvalue weighted by atomic mass is 10.0. The number of para-hydroxylation sites is 1. The first-order chi connectivity index (χ1) is 12.0. The Balaban J connectivity index is 2.10. The van der Waals surface area contributed by atoms with Gasteiger partial charge in [0, 0.05) is 15.9 Å². The lowest BCUT2D eigenvalue weighted by molar-refractivity contribution is 0.965. The van der Waals surface area contributed by atoms with Gasteiger partial charge in [-0.2, -0.15) is 5.26 Å². The SMILES string of the molecule is Cc1cc(/C=C(/C#N)c2ccc(Br)cc2)c(C)n1-c1ccccc1Cl. The molecule has 0 spiro atoms. The summed E-state index contributed by atoms with van der Waals surface area (Å²) in [6.07, 6.45) is 1.93. The fraction of sp³-hybridized carbons (Fsp3) is 0.0952. The van der Waals surface area contributed by atoms with Gasteiger partial charge in [-0.05, 0) is 61.4 Å². The highest BCUT2D eigenvalue weighted by Crippen LogP contribution is 2.28. The lowest BCUT2D eigenvalue weighted by Crippen LogP contribution is -1.99. The Bertz CT molecular complexity index is 992. The summed E-state index contributed by atoms with van der Waals surface area (Å²) in [6, 6.07) is 19.9. The van der Waals surface area contributed by atoms with Crippen molar-refractivity contribution < 1.29 is 0 Å². The predicted octanol–water partition coefficient (Wildman–Crippen LogP) is 6.57. The number of hydrogen-bond acceptors (Lipinski definition) is 1. The molecule has 1 heterocycles. The fourth-order valence-corrected chi connectivity index (χ4v) is 3.39. The van der Waals surface area contributed by atoms with Crippen molar-refractivity contribution in [2.45, 2.75) is 13.8 Å². The first kappa shape index (κ1) is 17.5. The maximum Gasteiger partial charge on any atom is 0.0998 e. The van der Waals surface area contributed by atoms with E-state index in [4.69, 9.17) is 11.6 Å². The quantitative estimate of drug-likeness (QED) is 0.448. The smallest absolute Gasteiger partial charge is 0.0998 e. The molecular formula is C21H16BrClN2. The number of hydrogen-bond donors (Lipinski definition) is 0. The van der Waals surface area contributed by atoms with Crippen LogP contribution in [0.5, 0.6) is 0 Å². The Hall–Kier alpha value is -2.28. The van der Waals surface area contributed by atoms with Gasteiger partial charge in [-0.25, -0.2) is 0 Å². The van der Waals surface area contributed by atoms with Crippen molar-refractivity contribution in [3.05, 3.63) is 86.6 Å². The highest BCUT2D eigenvalue weighted by molar-refractivity contribution is 9.10. The highest BCUT2D eigenvalue weighted by atomic mass is 79.9. The number of nitriles is 1. The minimum atomic E-state index is 0.631. The average Bonchev–Trinajstić information content (AvgIpc) is 2.88. The first-order valence-electron chi connectivity index (χ1n) is 7.83. The Morgan fingerprint density at radius 2 is 1.80 bits per heavy atom. The molecule has 0 aliphatic carbocycles. The molecule has 1 aromatic heterocycles. The monoisotopic (exact) mass is 410 g/mol. The molecule has 0 unspecified atom stereocenters. The minimum Gasteiger partial charge on any atom is -0.316 e. The van der Waals surface area contributed by atoms with Crippen LogP contribution in [0.25, 0.3) is 17.3 Å². The maximum atomic E-state index is 9.58. The molecule has 0 saturated carbocycles. The zero-order valence-electron chi connectivity index (χ0n) is 13.9. The van der Waals surface area contributed by atoms with E-state index in [1.807, 2.05) is 68.5 Å². The van der Waals surface area contributed by atoms with E-state index in [-0.39, 0.29) is 0 Å². The van der Waals surface area contributed by atoms with E-state index in [0.29, 0.717) is 10.6 Å². The Morgan fingerprint density at radius 1 is 1.12 bits per heavy atom. The number of aryl methyl sites for hydroxylation is 1. The molecule has 25 heavy (non-hydrogen) atoms. The van der Waals surface area contributed by atoms with Gasteiger partial charge < -0.3 is 4.57 Å². The number of rotatable bonds is 3. The number of benzene rings is 2. The molecule has 0 bridgehead atoms. The van der Waals surface area contributed by atoms with Gasteiger partial charge in [-0.3, -0.25) is 0 Å². The first-order valence-corrected chi connectivity index (χ1v) is 9.00. The molecule has 0 aliphatic heterocycles. The van der Waals surface area contributed by atoms with Crippen LogP contribution < -0.4 is 0 Å². The molecule has 3 aromatic rings. The van der Waals surface area contributed by atoms with Crippen LogP contribution in [0.1, 0.15) is 22.5 Å². The second kappa shape index (κ2) is 7.31. The zero-order valence-corrected chi connectivity index (χ0v) is 16.3. The van der Waals surface area contributed by atoms with E-state index < -0.39 is 0 Å². The second-order valence-corrected chi connectivity index (χ2v) is 7.11. The van der Waals surface area contributed by atoms with Crippen LogP contribution in [-0.2, 0) is 0 Å². The molecule has 0 atom stereocenters. The average molecular weight is 412 g/mol. The predicted molar refractivity (Wildman–Crippen MR) is 108 cm³/mol. The van der Waals surface area contributed by atoms with Gasteiger partial charge in [0.05, 0.1) is 22.4 Å². The molecule has 3 rings (SSSR count). The van der Waals surface area contributed by atoms with Gasteiger partial charge in [0.15, 0.2) is 0 Å². The topological polar surface area (TPSA) is 28.7 Å². The third kappa shape index (κ3) is 3.56. The lowest BCUT2D eigenvalue weighted by Gasteiger charge is -2.11. The van der Waals surface area contributed by atoms with Crippen LogP contribution in [-0.4, -0.2) is 4.57 Å². The van der Waals surface area contributed by atoms with Crippen LogP contribution in [0.4, 0.5) is 0 Å². The van der Waals surface area contributed by atoms with Gasteiger partial charge >= 0.3 is 0 Å². The largest absolute Gasteiger partial charge is 0.316 e. The maximum absolute atomic E-state index is 9.58. The molecule has 2 nitrogen and oxygen atoms in total. The van der Waals surface area contributed by atoms with Crippen molar-refractivity contribution in [1.82, 2.24) is 4.57 Å². The summed E-state index contributed by atoms with van der Waals surface area (Å²) in [5.74, 6) is 0. The summed E-state index contributed by atoms with van der Waals surface area (Å²) in [4.78, 5) is 0. The van der Waals surface area contributed by atoms with Crippen molar-refractivity contribution >= 4 is 39.2 Å². The third-order valence-electron chi connectivity index (χ3n) is 4.14. The molecule has 0 fully saturated rings. The summed E-state index contributed by atoms with van der Waals surface area (Å²) in [6.45, 7) is 4.08. The summed E-state index contributed by atoms with van der Waals surface area (Å²) in [5, 5.41) is 10.3. The fourth-order valence-electron chi connectivity index (χ4n) is 2.90. The summed E-state index contributed by atoms with van der Waals surface area (Å²) < 4.78 is 3.11. The van der Waals surface area contributed by atoms with Gasteiger partial charge in [0.2, 0.25) is 0 Å². The normalized spacial score (nSPS) is 11.4. The number of halogens is 2. The molecule has 0 aliphatic rings. The molecule has 124 valence electrons. The second-order valence-electron chi connectivity index (χ2n) is 5.79. The number of allylic oxidation sites excluding steroid dienone is 1. The summed E-state index contributed by atoms with van der Waals surface area (Å²) in [7, 11) is 0. The van der Waals surface area contributed by atoms with Gasteiger partial charge in [-0.15, -0.1) is 0 Å². The molecule has 0 amide bonds. The minimum absolute atomic E-state index is 0.631.